The number of aliphatic hydroxyl groups excluding tert-OH is 1. The van der Waals surface area contributed by atoms with Crippen LogP contribution < -0.4 is 20.7 Å². The van der Waals surface area contributed by atoms with Crippen molar-refractivity contribution >= 4 is 56.3 Å². The van der Waals surface area contributed by atoms with E-state index in [1.54, 1.807) is 0 Å². The number of thiocarbonyl (C=S) groups is 1. The van der Waals surface area contributed by atoms with Crippen LogP contribution in [0.25, 0.3) is 21.8 Å². The molecule has 0 unspecified atom stereocenters. The molecule has 0 aliphatic heterocycles. The number of H-pyrrole nitrogens is 1. The van der Waals surface area contributed by atoms with Gasteiger partial charge in [0.05, 0.1) is 17.7 Å². The maximum absolute atomic E-state index is 9.49. The largest absolute Gasteiger partial charge is 0.457 e. The first-order valence-corrected chi connectivity index (χ1v) is 12.7. The van der Waals surface area contributed by atoms with E-state index in [2.05, 4.69) is 37.0 Å². The summed E-state index contributed by atoms with van der Waals surface area (Å²) in [5.41, 5.74) is 5.14. The first-order chi connectivity index (χ1) is 18.2. The van der Waals surface area contributed by atoms with Crippen molar-refractivity contribution in [3.05, 3.63) is 78.2 Å². The molecule has 194 valence electrons. The quantitative estimate of drug-likeness (QED) is 0.157. The van der Waals surface area contributed by atoms with Crippen molar-refractivity contribution < 1.29 is 9.84 Å². The van der Waals surface area contributed by atoms with E-state index >= 15 is 0 Å². The van der Waals surface area contributed by atoms with Crippen molar-refractivity contribution in [3.8, 4) is 11.5 Å². The molecule has 5 rings (SSSR count). The molecule has 0 atom stereocenters. The molecule has 0 aliphatic rings. The third kappa shape index (κ3) is 5.69. The normalized spacial score (nSPS) is 11.5. The number of hydrogen-bond acceptors (Lipinski definition) is 6. The van der Waals surface area contributed by atoms with Gasteiger partial charge in [0.15, 0.2) is 5.11 Å². The molecule has 5 N–H and O–H groups in total. The van der Waals surface area contributed by atoms with Gasteiger partial charge in [-0.05, 0) is 106 Å². The molecule has 0 bridgehead atoms. The van der Waals surface area contributed by atoms with E-state index in [0.29, 0.717) is 10.9 Å². The Balaban J connectivity index is 1.34. The van der Waals surface area contributed by atoms with Crippen LogP contribution >= 0.6 is 12.2 Å². The predicted molar refractivity (Wildman–Crippen MR) is 158 cm³/mol. The summed E-state index contributed by atoms with van der Waals surface area (Å²) in [6, 6.07) is 19.8. The summed E-state index contributed by atoms with van der Waals surface area (Å²) in [5.74, 6) is 2.25. The average Bonchev–Trinajstić information content (AvgIpc) is 3.25. The highest BCUT2D eigenvalue weighted by molar-refractivity contribution is 7.80. The zero-order valence-corrected chi connectivity index (χ0v) is 22.5. The van der Waals surface area contributed by atoms with Gasteiger partial charge < -0.3 is 30.8 Å². The van der Waals surface area contributed by atoms with E-state index in [4.69, 9.17) is 17.0 Å². The van der Waals surface area contributed by atoms with Crippen molar-refractivity contribution in [2.45, 2.75) is 33.2 Å². The predicted octanol–water partition coefficient (Wildman–Crippen LogP) is 6.32. The fraction of sp³-hybridized carbons (Fsp3) is 0.207. The Kier molecular flexibility index (Phi) is 6.88. The van der Waals surface area contributed by atoms with E-state index in [-0.39, 0.29) is 6.61 Å². The number of nitrogens with one attached hydrogen (secondary N) is 4. The van der Waals surface area contributed by atoms with Gasteiger partial charge in [-0.3, -0.25) is 0 Å². The van der Waals surface area contributed by atoms with E-state index in [1.165, 1.54) is 6.33 Å². The number of fused-ring (bicyclic) bond motifs is 2. The summed E-state index contributed by atoms with van der Waals surface area (Å²) in [7, 11) is 0. The van der Waals surface area contributed by atoms with Gasteiger partial charge >= 0.3 is 0 Å². The Labute approximate surface area is 226 Å². The lowest BCUT2D eigenvalue weighted by molar-refractivity contribution is 0.207. The second kappa shape index (κ2) is 10.3. The highest BCUT2D eigenvalue weighted by Gasteiger charge is 2.17. The molecule has 5 aromatic rings. The number of aryl methyl sites for hydroxylation is 2. The van der Waals surface area contributed by atoms with Crippen LogP contribution in [0.4, 0.5) is 17.2 Å². The van der Waals surface area contributed by atoms with Gasteiger partial charge in [-0.25, -0.2) is 9.97 Å². The molecule has 0 spiro atoms. The minimum Gasteiger partial charge on any atom is -0.457 e. The van der Waals surface area contributed by atoms with Crippen molar-refractivity contribution in [2.24, 2.45) is 0 Å². The van der Waals surface area contributed by atoms with Crippen LogP contribution in [0.5, 0.6) is 11.5 Å². The summed E-state index contributed by atoms with van der Waals surface area (Å²) in [6.45, 7) is 7.76. The van der Waals surface area contributed by atoms with Crippen molar-refractivity contribution in [1.82, 2.24) is 20.3 Å². The minimum atomic E-state index is -0.529. The molecule has 3 aromatic carbocycles. The van der Waals surface area contributed by atoms with Gasteiger partial charge in [0.1, 0.15) is 23.6 Å². The first-order valence-electron chi connectivity index (χ1n) is 12.3. The number of benzene rings is 3. The third-order valence-corrected chi connectivity index (χ3v) is 6.34. The maximum atomic E-state index is 9.49. The Hall–Kier alpha value is -4.21. The monoisotopic (exact) mass is 526 g/mol. The van der Waals surface area contributed by atoms with Crippen LogP contribution in [-0.4, -0.2) is 37.3 Å². The topological polar surface area (TPSA) is 107 Å². The Morgan fingerprint density at radius 2 is 1.82 bits per heavy atom. The van der Waals surface area contributed by atoms with E-state index in [9.17, 15) is 5.11 Å². The number of nitrogens with zero attached hydrogens (tertiary/aromatic N) is 2. The van der Waals surface area contributed by atoms with Crippen molar-refractivity contribution in [2.75, 3.05) is 17.2 Å². The Bertz CT molecular complexity index is 1650. The van der Waals surface area contributed by atoms with Crippen LogP contribution in [0.15, 0.2) is 67.0 Å². The molecule has 0 saturated heterocycles. The van der Waals surface area contributed by atoms with Crippen LogP contribution in [0, 0.1) is 13.8 Å². The lowest BCUT2D eigenvalue weighted by Gasteiger charge is -2.25. The first kappa shape index (κ1) is 25.4. The molecule has 0 saturated carbocycles. The summed E-state index contributed by atoms with van der Waals surface area (Å²) < 4.78 is 6.19. The fourth-order valence-electron chi connectivity index (χ4n) is 4.17. The molecule has 2 aromatic heterocycles. The molecular formula is C29H30N6O2S. The molecule has 2 heterocycles. The van der Waals surface area contributed by atoms with Gasteiger partial charge in [0.25, 0.3) is 0 Å². The second-order valence-electron chi connectivity index (χ2n) is 9.98. The summed E-state index contributed by atoms with van der Waals surface area (Å²) in [4.78, 5) is 12.2. The van der Waals surface area contributed by atoms with Crippen LogP contribution in [0.1, 0.15) is 25.1 Å². The Morgan fingerprint density at radius 1 is 1.00 bits per heavy atom. The zero-order valence-electron chi connectivity index (χ0n) is 21.7. The zero-order chi connectivity index (χ0) is 26.9. The van der Waals surface area contributed by atoms with Crippen LogP contribution in [0.3, 0.4) is 0 Å². The molecule has 0 fully saturated rings. The number of rotatable bonds is 7. The van der Waals surface area contributed by atoms with Crippen LogP contribution in [-0.2, 0) is 0 Å². The standard InChI is InChI=1S/C29H30N6O2S/c1-17-11-20(6-10-26(17)37-22-7-9-24-19(13-22)12-18(2)32-24)33-27-23-14-21(5-8-25(23)30-16-31-27)34-28(38)35-29(3,4)15-36/h5-14,16,32,36H,15H2,1-4H3,(H,30,31,33)(H2,34,35,38). The van der Waals surface area contributed by atoms with Gasteiger partial charge in [-0.2, -0.15) is 0 Å². The highest BCUT2D eigenvalue weighted by Crippen LogP contribution is 2.32. The SMILES string of the molecule is Cc1cc2cc(Oc3ccc(Nc4ncnc5ccc(NC(=S)NC(C)(C)CO)cc45)cc3C)ccc2[nH]1. The second-order valence-corrected chi connectivity index (χ2v) is 10.4. The molecule has 0 amide bonds. The van der Waals surface area contributed by atoms with E-state index < -0.39 is 5.54 Å². The summed E-state index contributed by atoms with van der Waals surface area (Å²) in [5, 5.41) is 21.6. The lowest BCUT2D eigenvalue weighted by atomic mass is 10.1. The smallest absolute Gasteiger partial charge is 0.171 e. The number of aromatic amines is 1. The Morgan fingerprint density at radius 3 is 2.61 bits per heavy atom. The van der Waals surface area contributed by atoms with E-state index in [0.717, 1.165) is 55.9 Å². The van der Waals surface area contributed by atoms with Gasteiger partial charge in [-0.1, -0.05) is 0 Å². The van der Waals surface area contributed by atoms with Crippen molar-refractivity contribution in [3.63, 3.8) is 0 Å². The molecule has 8 nitrogen and oxygen atoms in total. The average molecular weight is 527 g/mol. The molecular weight excluding hydrogens is 496 g/mol. The maximum Gasteiger partial charge on any atom is 0.171 e. The van der Waals surface area contributed by atoms with Gasteiger partial charge in [-0.15, -0.1) is 0 Å². The highest BCUT2D eigenvalue weighted by atomic mass is 32.1. The number of hydrogen-bond donors (Lipinski definition) is 5. The minimum absolute atomic E-state index is 0.0421. The van der Waals surface area contributed by atoms with Crippen molar-refractivity contribution in [1.29, 1.82) is 0 Å². The molecule has 0 aliphatic carbocycles. The number of anilines is 3. The molecule has 9 heteroatoms. The van der Waals surface area contributed by atoms with E-state index in [1.807, 2.05) is 82.3 Å². The third-order valence-electron chi connectivity index (χ3n) is 6.13. The number of ether oxygens (including phenoxy) is 1. The van der Waals surface area contributed by atoms with Gasteiger partial charge in [0, 0.05) is 33.4 Å². The van der Waals surface area contributed by atoms with Gasteiger partial charge in [0.2, 0.25) is 0 Å². The molecule has 0 radical (unpaired) electrons. The molecule has 38 heavy (non-hydrogen) atoms. The summed E-state index contributed by atoms with van der Waals surface area (Å²) >= 11 is 5.41. The lowest BCUT2D eigenvalue weighted by Crippen LogP contribution is -2.47. The van der Waals surface area contributed by atoms with Crippen LogP contribution in [0.2, 0.25) is 0 Å². The number of aromatic nitrogens is 3. The number of aliphatic hydroxyl groups is 1. The fourth-order valence-corrected chi connectivity index (χ4v) is 4.56. The summed E-state index contributed by atoms with van der Waals surface area (Å²) in [6.07, 6.45) is 1.54.